The molecule has 2 rings (SSSR count). The fourth-order valence-electron chi connectivity index (χ4n) is 1.93. The largest absolute Gasteiger partial charge is 0.372 e. The minimum absolute atomic E-state index is 0.163. The van der Waals surface area contributed by atoms with Crippen molar-refractivity contribution in [3.8, 4) is 0 Å². The smallest absolute Gasteiger partial charge is 0.259 e. The van der Waals surface area contributed by atoms with Gasteiger partial charge >= 0.3 is 0 Å². The number of pyridine rings is 1. The summed E-state index contributed by atoms with van der Waals surface area (Å²) in [5.74, 6) is 0.411. The Morgan fingerprint density at radius 3 is 2.68 bits per heavy atom. The van der Waals surface area contributed by atoms with Crippen molar-refractivity contribution >= 4 is 17.4 Å². The first kappa shape index (κ1) is 13.1. The topological polar surface area (TPSA) is 54.0 Å². The second kappa shape index (κ2) is 5.52. The molecule has 2 N–H and O–H groups in total. The van der Waals surface area contributed by atoms with Gasteiger partial charge in [0.05, 0.1) is 5.56 Å². The van der Waals surface area contributed by atoms with Crippen molar-refractivity contribution in [2.45, 2.75) is 13.8 Å². The number of aromatic nitrogens is 1. The van der Waals surface area contributed by atoms with Crippen molar-refractivity contribution in [1.29, 1.82) is 0 Å². The Kier molecular flexibility index (Phi) is 3.80. The van der Waals surface area contributed by atoms with E-state index in [1.54, 1.807) is 25.4 Å². The number of nitrogens with zero attached hydrogens (tertiary/aromatic N) is 1. The van der Waals surface area contributed by atoms with Crippen LogP contribution in [0.3, 0.4) is 0 Å². The molecule has 98 valence electrons. The molecular formula is C15H17N3O. The van der Waals surface area contributed by atoms with Crippen LogP contribution in [0.5, 0.6) is 0 Å². The summed E-state index contributed by atoms with van der Waals surface area (Å²) < 4.78 is 0. The van der Waals surface area contributed by atoms with E-state index in [0.717, 1.165) is 11.3 Å². The van der Waals surface area contributed by atoms with Crippen molar-refractivity contribution in [2.75, 3.05) is 17.7 Å². The van der Waals surface area contributed by atoms with E-state index in [1.807, 2.05) is 32.0 Å². The molecule has 0 aliphatic carbocycles. The molecule has 1 heterocycles. The van der Waals surface area contributed by atoms with Crippen LogP contribution in [-0.4, -0.2) is 17.9 Å². The van der Waals surface area contributed by atoms with Gasteiger partial charge in [-0.1, -0.05) is 17.7 Å². The van der Waals surface area contributed by atoms with E-state index in [-0.39, 0.29) is 5.91 Å². The van der Waals surface area contributed by atoms with Gasteiger partial charge in [-0.3, -0.25) is 4.79 Å². The number of rotatable bonds is 3. The van der Waals surface area contributed by atoms with E-state index in [2.05, 4.69) is 15.6 Å². The number of hydrogen-bond acceptors (Lipinski definition) is 3. The number of aryl methyl sites for hydroxylation is 2. The monoisotopic (exact) mass is 255 g/mol. The van der Waals surface area contributed by atoms with Crippen LogP contribution in [0.25, 0.3) is 0 Å². The predicted octanol–water partition coefficient (Wildman–Crippen LogP) is 2.99. The molecule has 0 fully saturated rings. The Morgan fingerprint density at radius 2 is 2.00 bits per heavy atom. The van der Waals surface area contributed by atoms with E-state index in [0.29, 0.717) is 11.4 Å². The molecule has 0 saturated carbocycles. The highest BCUT2D eigenvalue weighted by molar-refractivity contribution is 6.07. The van der Waals surface area contributed by atoms with Crippen molar-refractivity contribution in [3.05, 3.63) is 53.2 Å². The molecule has 0 aliphatic rings. The molecule has 19 heavy (non-hydrogen) atoms. The maximum absolute atomic E-state index is 12.2. The molecule has 0 bridgehead atoms. The molecule has 4 nitrogen and oxygen atoms in total. The number of nitrogens with one attached hydrogen (secondary N) is 2. The van der Waals surface area contributed by atoms with Gasteiger partial charge in [-0.05, 0) is 37.6 Å². The van der Waals surface area contributed by atoms with Crippen LogP contribution in [0.2, 0.25) is 0 Å². The Balaban J connectivity index is 2.26. The number of carbonyl (C=O) groups is 1. The highest BCUT2D eigenvalue weighted by Gasteiger charge is 2.12. The van der Waals surface area contributed by atoms with Gasteiger partial charge < -0.3 is 10.6 Å². The van der Waals surface area contributed by atoms with Gasteiger partial charge in [-0.25, -0.2) is 4.98 Å². The van der Waals surface area contributed by atoms with Gasteiger partial charge in [0.25, 0.3) is 5.91 Å². The zero-order chi connectivity index (χ0) is 13.8. The first-order chi connectivity index (χ1) is 9.11. The summed E-state index contributed by atoms with van der Waals surface area (Å²) in [5, 5.41) is 5.82. The number of hydrogen-bond donors (Lipinski definition) is 2. The standard InChI is InChI=1S/C15H17N3O/c1-10-6-7-13(11(2)9-10)18-15(19)12-5-4-8-17-14(12)16-3/h4-9H,1-3H3,(H,16,17)(H,18,19). The molecule has 1 aromatic carbocycles. The molecule has 0 aliphatic heterocycles. The van der Waals surface area contributed by atoms with Gasteiger partial charge in [0.1, 0.15) is 5.82 Å². The highest BCUT2D eigenvalue weighted by Crippen LogP contribution is 2.18. The second-order valence-corrected chi connectivity index (χ2v) is 4.42. The Hall–Kier alpha value is -2.36. The normalized spacial score (nSPS) is 10.1. The van der Waals surface area contributed by atoms with E-state index in [1.165, 1.54) is 5.56 Å². The maximum atomic E-state index is 12.2. The van der Waals surface area contributed by atoms with Gasteiger partial charge in [0.2, 0.25) is 0 Å². The summed E-state index contributed by atoms with van der Waals surface area (Å²) in [4.78, 5) is 16.4. The van der Waals surface area contributed by atoms with Crippen LogP contribution < -0.4 is 10.6 Å². The molecule has 1 aromatic heterocycles. The van der Waals surface area contributed by atoms with Crippen LogP contribution in [0, 0.1) is 13.8 Å². The van der Waals surface area contributed by atoms with Crippen LogP contribution >= 0.6 is 0 Å². The van der Waals surface area contributed by atoms with Crippen molar-refractivity contribution < 1.29 is 4.79 Å². The Morgan fingerprint density at radius 1 is 1.21 bits per heavy atom. The fraction of sp³-hybridized carbons (Fsp3) is 0.200. The molecule has 2 aromatic rings. The highest BCUT2D eigenvalue weighted by atomic mass is 16.1. The first-order valence-electron chi connectivity index (χ1n) is 6.13. The molecule has 0 radical (unpaired) electrons. The van der Waals surface area contributed by atoms with Gasteiger partial charge in [-0.15, -0.1) is 0 Å². The fourth-order valence-corrected chi connectivity index (χ4v) is 1.93. The summed E-state index contributed by atoms with van der Waals surface area (Å²) in [6.45, 7) is 4.00. The van der Waals surface area contributed by atoms with Gasteiger partial charge in [0.15, 0.2) is 0 Å². The van der Waals surface area contributed by atoms with Crippen LogP contribution in [0.15, 0.2) is 36.5 Å². The third kappa shape index (κ3) is 2.91. The Bertz CT molecular complexity index is 608. The summed E-state index contributed by atoms with van der Waals surface area (Å²) in [5.41, 5.74) is 3.57. The summed E-state index contributed by atoms with van der Waals surface area (Å²) >= 11 is 0. The SMILES string of the molecule is CNc1ncccc1C(=O)Nc1ccc(C)cc1C. The summed E-state index contributed by atoms with van der Waals surface area (Å²) in [6.07, 6.45) is 1.65. The lowest BCUT2D eigenvalue weighted by Gasteiger charge is -2.11. The van der Waals surface area contributed by atoms with Gasteiger partial charge in [-0.2, -0.15) is 0 Å². The molecule has 0 atom stereocenters. The zero-order valence-electron chi connectivity index (χ0n) is 11.3. The van der Waals surface area contributed by atoms with E-state index in [4.69, 9.17) is 0 Å². The second-order valence-electron chi connectivity index (χ2n) is 4.42. The minimum atomic E-state index is -0.163. The Labute approximate surface area is 112 Å². The number of amides is 1. The van der Waals surface area contributed by atoms with E-state index >= 15 is 0 Å². The third-order valence-corrected chi connectivity index (χ3v) is 2.92. The maximum Gasteiger partial charge on any atom is 0.259 e. The summed E-state index contributed by atoms with van der Waals surface area (Å²) in [6, 6.07) is 9.43. The van der Waals surface area contributed by atoms with Crippen LogP contribution in [0.4, 0.5) is 11.5 Å². The minimum Gasteiger partial charge on any atom is -0.372 e. The van der Waals surface area contributed by atoms with Crippen molar-refractivity contribution in [3.63, 3.8) is 0 Å². The van der Waals surface area contributed by atoms with Gasteiger partial charge in [0, 0.05) is 18.9 Å². The quantitative estimate of drug-likeness (QED) is 0.886. The predicted molar refractivity (Wildman–Crippen MR) is 77.7 cm³/mol. The first-order valence-corrected chi connectivity index (χ1v) is 6.13. The number of benzene rings is 1. The van der Waals surface area contributed by atoms with Crippen LogP contribution in [-0.2, 0) is 0 Å². The third-order valence-electron chi connectivity index (χ3n) is 2.92. The van der Waals surface area contributed by atoms with E-state index < -0.39 is 0 Å². The lowest BCUT2D eigenvalue weighted by Crippen LogP contribution is -2.15. The number of carbonyl (C=O) groups excluding carboxylic acids is 1. The molecule has 1 amide bonds. The average molecular weight is 255 g/mol. The van der Waals surface area contributed by atoms with Crippen LogP contribution in [0.1, 0.15) is 21.5 Å². The van der Waals surface area contributed by atoms with Crippen molar-refractivity contribution in [1.82, 2.24) is 4.98 Å². The zero-order valence-corrected chi connectivity index (χ0v) is 11.3. The molecular weight excluding hydrogens is 238 g/mol. The van der Waals surface area contributed by atoms with Crippen molar-refractivity contribution in [2.24, 2.45) is 0 Å². The number of anilines is 2. The molecule has 0 unspecified atom stereocenters. The molecule has 0 saturated heterocycles. The van der Waals surface area contributed by atoms with E-state index in [9.17, 15) is 4.79 Å². The molecule has 0 spiro atoms. The molecule has 4 heteroatoms. The lowest BCUT2D eigenvalue weighted by atomic mass is 10.1. The summed E-state index contributed by atoms with van der Waals surface area (Å²) in [7, 11) is 1.75. The average Bonchev–Trinajstić information content (AvgIpc) is 2.41. The lowest BCUT2D eigenvalue weighted by molar-refractivity contribution is 0.102.